The minimum atomic E-state index is -0.646. The molecule has 8 nitrogen and oxygen atoms in total. The Morgan fingerprint density at radius 1 is 1.33 bits per heavy atom. The third kappa shape index (κ3) is 3.39. The van der Waals surface area contributed by atoms with Gasteiger partial charge in [0.1, 0.15) is 0 Å². The summed E-state index contributed by atoms with van der Waals surface area (Å²) < 4.78 is 4.71. The van der Waals surface area contributed by atoms with Gasteiger partial charge < -0.3 is 14.6 Å². The van der Waals surface area contributed by atoms with Crippen molar-refractivity contribution in [3.8, 4) is 0 Å². The Bertz CT molecular complexity index is 634. The third-order valence-electron chi connectivity index (χ3n) is 3.63. The fourth-order valence-corrected chi connectivity index (χ4v) is 2.52. The zero-order valence-corrected chi connectivity index (χ0v) is 11.8. The van der Waals surface area contributed by atoms with Crippen molar-refractivity contribution in [2.45, 2.75) is 13.3 Å². The number of rotatable bonds is 3. The van der Waals surface area contributed by atoms with E-state index in [1.165, 1.54) is 13.2 Å². The van der Waals surface area contributed by atoms with E-state index in [2.05, 4.69) is 4.98 Å². The summed E-state index contributed by atoms with van der Waals surface area (Å²) in [5.41, 5.74) is -0.945. The average Bonchev–Trinajstić information content (AvgIpc) is 2.79. The van der Waals surface area contributed by atoms with Crippen molar-refractivity contribution in [2.75, 3.05) is 20.2 Å². The van der Waals surface area contributed by atoms with Crippen LogP contribution in [0.15, 0.2) is 15.7 Å². The quantitative estimate of drug-likeness (QED) is 0.685. The molecule has 0 aliphatic carbocycles. The number of hydrogen-bond donors (Lipinski definition) is 2. The lowest BCUT2D eigenvalue weighted by Crippen LogP contribution is -2.33. The maximum atomic E-state index is 12.2. The predicted molar refractivity (Wildman–Crippen MR) is 72.6 cm³/mol. The Morgan fingerprint density at radius 2 is 2.05 bits per heavy atom. The number of likely N-dealkylation sites (tertiary alicyclic amines) is 1. The highest BCUT2D eigenvalue weighted by Gasteiger charge is 2.37. The van der Waals surface area contributed by atoms with Gasteiger partial charge in [0.05, 0.1) is 19.4 Å². The van der Waals surface area contributed by atoms with E-state index >= 15 is 0 Å². The monoisotopic (exact) mass is 295 g/mol. The van der Waals surface area contributed by atoms with Gasteiger partial charge in [0, 0.05) is 24.8 Å². The van der Waals surface area contributed by atoms with E-state index in [9.17, 15) is 19.2 Å². The number of carbonyl (C=O) groups is 2. The smallest absolute Gasteiger partial charge is 0.325 e. The lowest BCUT2D eigenvalue weighted by atomic mass is 9.99. The van der Waals surface area contributed by atoms with E-state index in [4.69, 9.17) is 4.74 Å². The van der Waals surface area contributed by atoms with Crippen molar-refractivity contribution in [3.05, 3.63) is 32.6 Å². The first kappa shape index (κ1) is 15.0. The first-order valence-corrected chi connectivity index (χ1v) is 6.59. The predicted octanol–water partition coefficient (Wildman–Crippen LogP) is -1.13. The van der Waals surface area contributed by atoms with Gasteiger partial charge in [-0.05, 0) is 5.92 Å². The molecule has 1 saturated heterocycles. The molecule has 114 valence electrons. The van der Waals surface area contributed by atoms with E-state index < -0.39 is 11.2 Å². The van der Waals surface area contributed by atoms with Crippen LogP contribution in [-0.4, -0.2) is 46.9 Å². The summed E-state index contributed by atoms with van der Waals surface area (Å²) in [7, 11) is 1.32. The average molecular weight is 295 g/mol. The van der Waals surface area contributed by atoms with Gasteiger partial charge >= 0.3 is 11.7 Å². The molecule has 0 radical (unpaired) electrons. The first-order valence-electron chi connectivity index (χ1n) is 6.59. The largest absolute Gasteiger partial charge is 0.469 e. The Labute approximate surface area is 120 Å². The second-order valence-corrected chi connectivity index (χ2v) is 5.20. The van der Waals surface area contributed by atoms with Crippen molar-refractivity contribution in [1.82, 2.24) is 14.9 Å². The molecule has 1 aliphatic rings. The summed E-state index contributed by atoms with van der Waals surface area (Å²) in [6.07, 6.45) is -0.0836. The fourth-order valence-electron chi connectivity index (χ4n) is 2.52. The van der Waals surface area contributed by atoms with Crippen LogP contribution in [0.3, 0.4) is 0 Å². The number of hydrogen-bond acceptors (Lipinski definition) is 5. The number of nitrogens with one attached hydrogen (secondary N) is 2. The van der Waals surface area contributed by atoms with Crippen LogP contribution >= 0.6 is 0 Å². The molecule has 1 fully saturated rings. The summed E-state index contributed by atoms with van der Waals surface area (Å²) >= 11 is 0. The molecule has 2 N–H and O–H groups in total. The molecule has 1 aromatic rings. The number of carbonyl (C=O) groups excluding carboxylic acids is 2. The number of methoxy groups -OCH3 is 1. The van der Waals surface area contributed by atoms with E-state index in [-0.39, 0.29) is 35.8 Å². The SMILES string of the molecule is COC(=O)C1CN(C(=O)Cc2cc(=O)[nH]c(=O)[nH]2)CC1C. The summed E-state index contributed by atoms with van der Waals surface area (Å²) in [5.74, 6) is -0.895. The molecule has 0 spiro atoms. The Hall–Kier alpha value is -2.38. The van der Waals surface area contributed by atoms with E-state index in [0.717, 1.165) is 0 Å². The Morgan fingerprint density at radius 3 is 2.67 bits per heavy atom. The van der Waals surface area contributed by atoms with Gasteiger partial charge in [0.2, 0.25) is 5.91 Å². The molecule has 21 heavy (non-hydrogen) atoms. The first-order chi connectivity index (χ1) is 9.90. The zero-order valence-electron chi connectivity index (χ0n) is 11.8. The molecule has 0 bridgehead atoms. The number of aromatic nitrogens is 2. The normalized spacial score (nSPS) is 21.3. The Balaban J connectivity index is 2.06. The van der Waals surface area contributed by atoms with Crippen LogP contribution in [0.25, 0.3) is 0 Å². The van der Waals surface area contributed by atoms with Crippen LogP contribution in [0.5, 0.6) is 0 Å². The van der Waals surface area contributed by atoms with Crippen molar-refractivity contribution in [3.63, 3.8) is 0 Å². The van der Waals surface area contributed by atoms with E-state index in [0.29, 0.717) is 13.1 Å². The van der Waals surface area contributed by atoms with Crippen LogP contribution in [0.1, 0.15) is 12.6 Å². The number of esters is 1. The number of nitrogens with zero attached hydrogens (tertiary/aromatic N) is 1. The number of aromatic amines is 2. The molecule has 8 heteroatoms. The minimum Gasteiger partial charge on any atom is -0.469 e. The number of ether oxygens (including phenoxy) is 1. The minimum absolute atomic E-state index is 0.0135. The van der Waals surface area contributed by atoms with Crippen LogP contribution in [0, 0.1) is 11.8 Å². The number of H-pyrrole nitrogens is 2. The number of amides is 1. The van der Waals surface area contributed by atoms with Crippen LogP contribution in [-0.2, 0) is 20.7 Å². The maximum Gasteiger partial charge on any atom is 0.325 e. The highest BCUT2D eigenvalue weighted by atomic mass is 16.5. The van der Waals surface area contributed by atoms with Crippen molar-refractivity contribution < 1.29 is 14.3 Å². The highest BCUT2D eigenvalue weighted by Crippen LogP contribution is 2.24. The molecular formula is C13H17N3O5. The van der Waals surface area contributed by atoms with Gasteiger partial charge in [-0.15, -0.1) is 0 Å². The van der Waals surface area contributed by atoms with Gasteiger partial charge in [0.25, 0.3) is 5.56 Å². The van der Waals surface area contributed by atoms with Gasteiger partial charge in [-0.3, -0.25) is 19.4 Å². The summed E-state index contributed by atoms with van der Waals surface area (Å²) in [4.78, 5) is 52.1. The third-order valence-corrected chi connectivity index (χ3v) is 3.63. The molecule has 0 aromatic carbocycles. The van der Waals surface area contributed by atoms with Crippen LogP contribution < -0.4 is 11.2 Å². The van der Waals surface area contributed by atoms with Gasteiger partial charge in [-0.2, -0.15) is 0 Å². The zero-order chi connectivity index (χ0) is 15.6. The molecule has 0 saturated carbocycles. The molecule has 2 heterocycles. The topological polar surface area (TPSA) is 112 Å². The molecule has 2 rings (SSSR count). The maximum absolute atomic E-state index is 12.2. The lowest BCUT2D eigenvalue weighted by Gasteiger charge is -2.15. The van der Waals surface area contributed by atoms with Gasteiger partial charge in [-0.25, -0.2) is 4.79 Å². The second-order valence-electron chi connectivity index (χ2n) is 5.20. The van der Waals surface area contributed by atoms with Crippen LogP contribution in [0.4, 0.5) is 0 Å². The lowest BCUT2D eigenvalue weighted by molar-refractivity contribution is -0.146. The molecule has 1 aliphatic heterocycles. The Kier molecular flexibility index (Phi) is 4.25. The standard InChI is InChI=1S/C13H17N3O5/c1-7-5-16(6-9(7)12(19)21-2)11(18)4-8-3-10(17)15-13(20)14-8/h3,7,9H,4-6H2,1-2H3,(H2,14,15,17,20). The summed E-state index contributed by atoms with van der Waals surface area (Å²) in [6, 6.07) is 1.18. The van der Waals surface area contributed by atoms with Gasteiger partial charge in [-0.1, -0.05) is 6.92 Å². The highest BCUT2D eigenvalue weighted by molar-refractivity contribution is 5.81. The fraction of sp³-hybridized carbons (Fsp3) is 0.538. The van der Waals surface area contributed by atoms with E-state index in [1.54, 1.807) is 4.90 Å². The molecule has 2 unspecified atom stereocenters. The summed E-state index contributed by atoms with van der Waals surface area (Å²) in [5, 5.41) is 0. The second kappa shape index (κ2) is 5.94. The van der Waals surface area contributed by atoms with Crippen molar-refractivity contribution in [2.24, 2.45) is 11.8 Å². The molecule has 1 amide bonds. The van der Waals surface area contributed by atoms with E-state index in [1.807, 2.05) is 11.9 Å². The molecule has 1 aromatic heterocycles. The van der Waals surface area contributed by atoms with Gasteiger partial charge in [0.15, 0.2) is 0 Å². The van der Waals surface area contributed by atoms with Crippen LogP contribution in [0.2, 0.25) is 0 Å². The van der Waals surface area contributed by atoms with Crippen molar-refractivity contribution in [1.29, 1.82) is 0 Å². The molecular weight excluding hydrogens is 278 g/mol. The van der Waals surface area contributed by atoms with Crippen molar-refractivity contribution >= 4 is 11.9 Å². The summed E-state index contributed by atoms with van der Waals surface area (Å²) in [6.45, 7) is 2.62. The molecule has 2 atom stereocenters.